The number of nitrogens with zero attached hydrogens (tertiary/aromatic N) is 6. The number of aryl methyl sites for hydroxylation is 1. The van der Waals surface area contributed by atoms with Gasteiger partial charge < -0.3 is 24.2 Å². The molecule has 10 nitrogen and oxygen atoms in total. The molecule has 2 aromatic carbocycles. The highest BCUT2D eigenvalue weighted by atomic mass is 19.4. The molecule has 0 unspecified atom stereocenters. The Kier molecular flexibility index (Phi) is 7.92. The maximum absolute atomic E-state index is 14.0. The first-order valence-electron chi connectivity index (χ1n) is 17.1. The second kappa shape index (κ2) is 12.2. The zero-order valence-electron chi connectivity index (χ0n) is 27.6. The van der Waals surface area contributed by atoms with E-state index in [9.17, 15) is 18.0 Å². The number of H-pyrrole nitrogens is 1. The number of hydrogen-bond acceptors (Lipinski definition) is 8. The third-order valence-electron chi connectivity index (χ3n) is 10.6. The molecule has 0 atom stereocenters. The Balaban J connectivity index is 1.31. The first-order chi connectivity index (χ1) is 23.6. The zero-order chi connectivity index (χ0) is 33.9. The highest BCUT2D eigenvalue weighted by molar-refractivity contribution is 6.06. The van der Waals surface area contributed by atoms with Crippen molar-refractivity contribution in [3.63, 3.8) is 0 Å². The highest BCUT2D eigenvalue weighted by Crippen LogP contribution is 2.53. The number of likely N-dealkylation sites (tertiary alicyclic amines) is 1. The molecule has 0 bridgehead atoms. The van der Waals surface area contributed by atoms with Crippen LogP contribution < -0.4 is 14.5 Å². The Morgan fingerprint density at radius 1 is 1.10 bits per heavy atom. The Morgan fingerprint density at radius 2 is 1.90 bits per heavy atom. The predicted octanol–water partition coefficient (Wildman–Crippen LogP) is 6.49. The number of carbonyl (C=O) groups is 1. The molecule has 2 aromatic heterocycles. The summed E-state index contributed by atoms with van der Waals surface area (Å²) < 4.78 is 53.8. The number of anilines is 2. The van der Waals surface area contributed by atoms with Crippen molar-refractivity contribution in [3.8, 4) is 16.9 Å². The number of ether oxygens (including phenoxy) is 2. The van der Waals surface area contributed by atoms with E-state index in [1.54, 1.807) is 6.20 Å². The van der Waals surface area contributed by atoms with E-state index in [4.69, 9.17) is 19.4 Å². The van der Waals surface area contributed by atoms with Gasteiger partial charge in [-0.05, 0) is 86.3 Å². The number of halogens is 3. The van der Waals surface area contributed by atoms with Crippen molar-refractivity contribution in [1.29, 1.82) is 0 Å². The molecule has 4 aliphatic rings. The molecule has 1 amide bonds. The van der Waals surface area contributed by atoms with Crippen molar-refractivity contribution < 1.29 is 27.4 Å². The SMILES string of the molecule is C=CC(=O)N1CC2(CCN(c3nc(N4CCCCOC4)nc4c(OCC(F)(F)F)c(-c5c(C)ccc6[nH]ncc56)c(C5CC5)cc34)CC2)C1. The average Bonchev–Trinajstić information content (AvgIpc) is 3.87. The second-order valence-corrected chi connectivity index (χ2v) is 14.1. The van der Waals surface area contributed by atoms with Crippen LogP contribution in [-0.4, -0.2) is 89.8 Å². The van der Waals surface area contributed by atoms with Gasteiger partial charge in [0, 0.05) is 61.1 Å². The fraction of sp³-hybridized carbons (Fsp3) is 0.500. The van der Waals surface area contributed by atoms with Gasteiger partial charge in [0.1, 0.15) is 18.1 Å². The summed E-state index contributed by atoms with van der Waals surface area (Å²) in [5.74, 6) is 1.36. The van der Waals surface area contributed by atoms with Crippen LogP contribution in [0, 0.1) is 12.3 Å². The minimum absolute atomic E-state index is 0.0460. The summed E-state index contributed by atoms with van der Waals surface area (Å²) in [6.45, 7) is 8.54. The summed E-state index contributed by atoms with van der Waals surface area (Å²) in [5.41, 5.74) is 4.51. The summed E-state index contributed by atoms with van der Waals surface area (Å²) >= 11 is 0. The van der Waals surface area contributed by atoms with E-state index in [1.165, 1.54) is 6.08 Å². The predicted molar refractivity (Wildman–Crippen MR) is 181 cm³/mol. The number of aromatic nitrogens is 4. The van der Waals surface area contributed by atoms with E-state index in [0.717, 1.165) is 66.1 Å². The molecule has 0 radical (unpaired) electrons. The van der Waals surface area contributed by atoms with Gasteiger partial charge in [0.25, 0.3) is 0 Å². The molecule has 5 heterocycles. The van der Waals surface area contributed by atoms with Gasteiger partial charge in [-0.15, -0.1) is 0 Å². The molecule has 4 aromatic rings. The first-order valence-corrected chi connectivity index (χ1v) is 17.1. The minimum atomic E-state index is -4.56. The lowest BCUT2D eigenvalue weighted by atomic mass is 9.72. The number of hydrogen-bond donors (Lipinski definition) is 1. The summed E-state index contributed by atoms with van der Waals surface area (Å²) in [7, 11) is 0. The standard InChI is InChI=1S/C36H40F3N7O3/c1-3-28(47)46-18-35(19-46)10-13-44(14-11-35)33-25-16-24(23-7-8-23)30(29-22(2)6-9-27-26(29)17-40-43-27)32(49-20-36(37,38)39)31(25)41-34(42-33)45-12-4-5-15-48-21-45/h3,6,9,16-17,23H,1,4-5,7-8,10-15,18-21H2,2H3,(H,40,43). The van der Waals surface area contributed by atoms with Crippen LogP contribution in [0.4, 0.5) is 24.9 Å². The number of nitrogens with one attached hydrogen (secondary N) is 1. The normalized spacial score (nSPS) is 19.7. The van der Waals surface area contributed by atoms with Crippen LogP contribution in [0.25, 0.3) is 32.9 Å². The molecule has 258 valence electrons. The van der Waals surface area contributed by atoms with Crippen molar-refractivity contribution >= 4 is 39.5 Å². The summed E-state index contributed by atoms with van der Waals surface area (Å²) in [5, 5.41) is 8.80. The molecule has 1 N–H and O–H groups in total. The van der Waals surface area contributed by atoms with Crippen molar-refractivity contribution in [2.45, 2.75) is 57.5 Å². The number of carbonyl (C=O) groups excluding carboxylic acids is 1. The van der Waals surface area contributed by atoms with Crippen LogP contribution in [0.3, 0.4) is 0 Å². The fourth-order valence-electron chi connectivity index (χ4n) is 7.80. The van der Waals surface area contributed by atoms with Gasteiger partial charge >= 0.3 is 6.18 Å². The van der Waals surface area contributed by atoms with E-state index in [0.29, 0.717) is 74.3 Å². The smallest absolute Gasteiger partial charge is 0.422 e. The molecule has 49 heavy (non-hydrogen) atoms. The first kappa shape index (κ1) is 31.9. The van der Waals surface area contributed by atoms with Crippen molar-refractivity contribution in [2.24, 2.45) is 5.41 Å². The van der Waals surface area contributed by atoms with Crippen LogP contribution >= 0.6 is 0 Å². The number of fused-ring (bicyclic) bond motifs is 2. The highest BCUT2D eigenvalue weighted by Gasteiger charge is 2.46. The van der Waals surface area contributed by atoms with E-state index in [1.807, 2.05) is 28.9 Å². The van der Waals surface area contributed by atoms with Gasteiger partial charge in [-0.25, -0.2) is 4.98 Å². The van der Waals surface area contributed by atoms with Gasteiger partial charge in [0.05, 0.1) is 11.7 Å². The summed E-state index contributed by atoms with van der Waals surface area (Å²) in [6.07, 6.45) is 3.92. The lowest BCUT2D eigenvalue weighted by molar-refractivity contribution is -0.153. The molecular weight excluding hydrogens is 635 g/mol. The summed E-state index contributed by atoms with van der Waals surface area (Å²) in [4.78, 5) is 28.4. The van der Waals surface area contributed by atoms with Crippen LogP contribution in [0.2, 0.25) is 0 Å². The number of piperidine rings is 1. The molecule has 1 aliphatic carbocycles. The largest absolute Gasteiger partial charge is 0.481 e. The molecule has 3 aliphatic heterocycles. The molecule has 4 fully saturated rings. The molecule has 13 heteroatoms. The maximum atomic E-state index is 14.0. The third kappa shape index (κ3) is 5.95. The lowest BCUT2D eigenvalue weighted by Crippen LogP contribution is -2.61. The van der Waals surface area contributed by atoms with Crippen molar-refractivity contribution in [3.05, 3.63) is 48.2 Å². The number of aromatic amines is 1. The average molecular weight is 676 g/mol. The molecular formula is C36H40F3N7O3. The quantitative estimate of drug-likeness (QED) is 0.222. The molecule has 1 saturated carbocycles. The number of amides is 1. The van der Waals surface area contributed by atoms with Crippen LogP contribution in [0.1, 0.15) is 55.6 Å². The van der Waals surface area contributed by atoms with Crippen LogP contribution in [0.15, 0.2) is 37.1 Å². The van der Waals surface area contributed by atoms with Crippen LogP contribution in [0.5, 0.6) is 5.75 Å². The minimum Gasteiger partial charge on any atom is -0.481 e. The van der Waals surface area contributed by atoms with Gasteiger partial charge in [-0.1, -0.05) is 12.6 Å². The Labute approximate surface area is 282 Å². The Bertz CT molecular complexity index is 1910. The zero-order valence-corrected chi connectivity index (χ0v) is 27.6. The van der Waals surface area contributed by atoms with E-state index < -0.39 is 12.8 Å². The Morgan fingerprint density at radius 3 is 2.63 bits per heavy atom. The topological polar surface area (TPSA) is 99.7 Å². The Hall–Kier alpha value is -4.39. The van der Waals surface area contributed by atoms with E-state index in [-0.39, 0.29) is 23.0 Å². The van der Waals surface area contributed by atoms with Gasteiger partial charge in [0.15, 0.2) is 12.4 Å². The third-order valence-corrected chi connectivity index (χ3v) is 10.6. The van der Waals surface area contributed by atoms with E-state index >= 15 is 0 Å². The molecule has 1 spiro atoms. The van der Waals surface area contributed by atoms with Crippen LogP contribution in [-0.2, 0) is 9.53 Å². The number of rotatable bonds is 7. The van der Waals surface area contributed by atoms with E-state index in [2.05, 4.69) is 27.7 Å². The van der Waals surface area contributed by atoms with Gasteiger partial charge in [-0.3, -0.25) is 9.89 Å². The lowest BCUT2D eigenvalue weighted by Gasteiger charge is -2.54. The molecule has 8 rings (SSSR count). The maximum Gasteiger partial charge on any atom is 0.422 e. The van der Waals surface area contributed by atoms with Gasteiger partial charge in [-0.2, -0.15) is 23.3 Å². The number of benzene rings is 2. The fourth-order valence-corrected chi connectivity index (χ4v) is 7.80. The monoisotopic (exact) mass is 675 g/mol. The molecule has 3 saturated heterocycles. The van der Waals surface area contributed by atoms with Crippen molar-refractivity contribution in [1.82, 2.24) is 25.1 Å². The number of alkyl halides is 3. The van der Waals surface area contributed by atoms with Crippen molar-refractivity contribution in [2.75, 3.05) is 62.5 Å². The summed E-state index contributed by atoms with van der Waals surface area (Å²) in [6, 6.07) is 6.01. The second-order valence-electron chi connectivity index (χ2n) is 14.1. The van der Waals surface area contributed by atoms with Gasteiger partial charge in [0.2, 0.25) is 11.9 Å².